The Kier molecular flexibility index (Phi) is 8.75. The molecule has 0 unspecified atom stereocenters. The van der Waals surface area contributed by atoms with E-state index in [-0.39, 0.29) is 0 Å². The van der Waals surface area contributed by atoms with Crippen molar-refractivity contribution < 1.29 is 0 Å². The van der Waals surface area contributed by atoms with Gasteiger partial charge in [0.15, 0.2) is 8.07 Å². The molecule has 3 heterocycles. The Hall–Kier alpha value is -7.47. The first-order chi connectivity index (χ1) is 29.7. The second-order valence-corrected chi connectivity index (χ2v) is 19.5. The topological polar surface area (TPSA) is 24.3 Å². The number of hydrogen-bond acceptors (Lipinski definition) is 3. The van der Waals surface area contributed by atoms with Crippen LogP contribution < -0.4 is 30.5 Å². The van der Waals surface area contributed by atoms with Gasteiger partial charge < -0.3 is 9.80 Å². The van der Waals surface area contributed by atoms with E-state index in [0.29, 0.717) is 0 Å². The number of pyridine rings is 1. The molecule has 0 amide bonds. The minimum Gasteiger partial charge on any atom is -0.355 e. The van der Waals surface area contributed by atoms with E-state index in [4.69, 9.17) is 4.98 Å². The van der Waals surface area contributed by atoms with Crippen molar-refractivity contribution in [1.29, 1.82) is 0 Å². The van der Waals surface area contributed by atoms with Crippen molar-refractivity contribution in [3.63, 3.8) is 0 Å². The maximum atomic E-state index is 5.12. The zero-order chi connectivity index (χ0) is 40.0. The number of aromatic nitrogens is 2. The highest BCUT2D eigenvalue weighted by Crippen LogP contribution is 2.40. The minimum absolute atomic E-state index is 0.794. The average molecular weight is 787 g/mol. The SMILES string of the molecule is CN1CN(c2cccc([Si](c3ccccc3)(c3ccccc3)c3ccc4c5ccccc5n(-c5cc(-c6ccccc6-c6ccccc6)ccn5)c4c3)c2)c2ccccc21. The standard InChI is InChI=1S/C55H42N4Si/c1-57-39-58(53-31-16-15-30-52(53)57)42-20-17-25-45(37-42)60(43-21-7-3-8-22-43,44-23-9-4-10-24-44)46-32-33-50-49-28-13-14-29-51(49)59(54(50)38-46)55-36-41(34-35-56-55)48-27-12-11-26-47(48)40-18-5-2-6-19-40/h2-38H,39H2,1H3. The third kappa shape index (κ3) is 5.77. The molecular weight excluding hydrogens is 745 g/mol. The van der Waals surface area contributed by atoms with E-state index in [2.05, 4.69) is 240 Å². The van der Waals surface area contributed by atoms with Gasteiger partial charge in [-0.3, -0.25) is 4.57 Å². The number of rotatable bonds is 8. The molecular formula is C55H42N4Si. The van der Waals surface area contributed by atoms with E-state index in [9.17, 15) is 0 Å². The highest BCUT2D eigenvalue weighted by molar-refractivity contribution is 7.20. The summed E-state index contributed by atoms with van der Waals surface area (Å²) in [6.45, 7) is 0.794. The van der Waals surface area contributed by atoms with Gasteiger partial charge in [0.2, 0.25) is 0 Å². The van der Waals surface area contributed by atoms with Crippen molar-refractivity contribution in [1.82, 2.24) is 9.55 Å². The van der Waals surface area contributed by atoms with Crippen molar-refractivity contribution in [3.8, 4) is 28.1 Å². The molecule has 0 atom stereocenters. The minimum atomic E-state index is -2.96. The first-order valence-electron chi connectivity index (χ1n) is 20.6. The van der Waals surface area contributed by atoms with Crippen LogP contribution in [0.5, 0.6) is 0 Å². The third-order valence-electron chi connectivity index (χ3n) is 12.3. The number of hydrogen-bond donors (Lipinski definition) is 0. The lowest BCUT2D eigenvalue weighted by Gasteiger charge is -2.35. The Labute approximate surface area is 351 Å². The van der Waals surface area contributed by atoms with Crippen molar-refractivity contribution in [2.75, 3.05) is 23.5 Å². The molecule has 10 aromatic rings. The summed E-state index contributed by atoms with van der Waals surface area (Å²) < 4.78 is 2.38. The molecule has 0 fully saturated rings. The smallest absolute Gasteiger partial charge is 0.179 e. The van der Waals surface area contributed by atoms with Crippen LogP contribution in [0.2, 0.25) is 0 Å². The predicted molar refractivity (Wildman–Crippen MR) is 255 cm³/mol. The van der Waals surface area contributed by atoms with E-state index in [0.717, 1.165) is 29.1 Å². The molecule has 11 rings (SSSR count). The molecule has 0 N–H and O–H groups in total. The highest BCUT2D eigenvalue weighted by atomic mass is 28.3. The van der Waals surface area contributed by atoms with Gasteiger partial charge in [-0.25, -0.2) is 4.98 Å². The molecule has 1 aliphatic heterocycles. The first-order valence-corrected chi connectivity index (χ1v) is 22.6. The molecule has 2 aromatic heterocycles. The third-order valence-corrected chi connectivity index (χ3v) is 17.1. The highest BCUT2D eigenvalue weighted by Gasteiger charge is 2.42. The Balaban J connectivity index is 1.16. The van der Waals surface area contributed by atoms with Gasteiger partial charge in [-0.15, -0.1) is 0 Å². The summed E-state index contributed by atoms with van der Waals surface area (Å²) >= 11 is 0. The van der Waals surface area contributed by atoms with Gasteiger partial charge in [0.25, 0.3) is 0 Å². The number of fused-ring (bicyclic) bond motifs is 4. The first kappa shape index (κ1) is 35.7. The summed E-state index contributed by atoms with van der Waals surface area (Å²) in [7, 11) is -0.786. The summed E-state index contributed by atoms with van der Waals surface area (Å²) in [4.78, 5) is 9.90. The van der Waals surface area contributed by atoms with Crippen LogP contribution in [0.15, 0.2) is 225 Å². The largest absolute Gasteiger partial charge is 0.355 e. The van der Waals surface area contributed by atoms with Gasteiger partial charge in [0.05, 0.1) is 29.1 Å². The molecule has 0 saturated carbocycles. The van der Waals surface area contributed by atoms with Crippen LogP contribution in [0.4, 0.5) is 17.1 Å². The van der Waals surface area contributed by atoms with E-state index in [1.165, 1.54) is 65.3 Å². The molecule has 0 spiro atoms. The molecule has 0 aliphatic carbocycles. The van der Waals surface area contributed by atoms with Gasteiger partial charge in [0.1, 0.15) is 5.82 Å². The maximum Gasteiger partial charge on any atom is 0.179 e. The van der Waals surface area contributed by atoms with Gasteiger partial charge in [0, 0.05) is 29.7 Å². The van der Waals surface area contributed by atoms with Crippen LogP contribution in [0.1, 0.15) is 0 Å². The number of benzene rings is 8. The summed E-state index contributed by atoms with van der Waals surface area (Å²) in [5, 5.41) is 7.75. The fourth-order valence-electron chi connectivity index (χ4n) is 9.65. The zero-order valence-electron chi connectivity index (χ0n) is 33.4. The molecule has 0 radical (unpaired) electrons. The molecule has 0 saturated heterocycles. The van der Waals surface area contributed by atoms with E-state index < -0.39 is 8.07 Å². The van der Waals surface area contributed by atoms with Crippen molar-refractivity contribution in [2.24, 2.45) is 0 Å². The fourth-order valence-corrected chi connectivity index (χ4v) is 14.4. The van der Waals surface area contributed by atoms with Crippen molar-refractivity contribution in [2.45, 2.75) is 0 Å². The van der Waals surface area contributed by atoms with E-state index in [1.807, 2.05) is 6.20 Å². The lowest BCUT2D eigenvalue weighted by atomic mass is 9.95. The molecule has 8 aromatic carbocycles. The second-order valence-electron chi connectivity index (χ2n) is 15.7. The van der Waals surface area contributed by atoms with Crippen LogP contribution in [-0.4, -0.2) is 31.3 Å². The van der Waals surface area contributed by atoms with Crippen molar-refractivity contribution in [3.05, 3.63) is 225 Å². The van der Waals surface area contributed by atoms with Crippen LogP contribution in [0.3, 0.4) is 0 Å². The Morgan fingerprint density at radius 1 is 0.433 bits per heavy atom. The summed E-state index contributed by atoms with van der Waals surface area (Å²) in [6, 6.07) is 80.3. The molecule has 1 aliphatic rings. The normalized spacial score (nSPS) is 12.6. The van der Waals surface area contributed by atoms with Gasteiger partial charge in [-0.2, -0.15) is 0 Å². The molecule has 60 heavy (non-hydrogen) atoms. The van der Waals surface area contributed by atoms with Crippen LogP contribution in [0, 0.1) is 0 Å². The van der Waals surface area contributed by atoms with Gasteiger partial charge >= 0.3 is 0 Å². The van der Waals surface area contributed by atoms with Gasteiger partial charge in [-0.05, 0) is 91.5 Å². The molecule has 4 nitrogen and oxygen atoms in total. The number of nitrogens with zero attached hydrogens (tertiary/aromatic N) is 4. The molecule has 286 valence electrons. The molecule has 5 heteroatoms. The molecule has 0 bridgehead atoms. The Morgan fingerprint density at radius 2 is 1.02 bits per heavy atom. The Bertz CT molecular complexity index is 3120. The van der Waals surface area contributed by atoms with Gasteiger partial charge in [-0.1, -0.05) is 170 Å². The lowest BCUT2D eigenvalue weighted by molar-refractivity contribution is 0.950. The number of anilines is 3. The number of para-hydroxylation sites is 3. The summed E-state index contributed by atoms with van der Waals surface area (Å²) in [5.41, 5.74) is 10.7. The maximum absolute atomic E-state index is 5.12. The zero-order valence-corrected chi connectivity index (χ0v) is 34.4. The summed E-state index contributed by atoms with van der Waals surface area (Å²) in [5.74, 6) is 0.893. The lowest BCUT2D eigenvalue weighted by Crippen LogP contribution is -2.74. The summed E-state index contributed by atoms with van der Waals surface area (Å²) in [6.07, 6.45) is 1.96. The predicted octanol–water partition coefficient (Wildman–Crippen LogP) is 10.4. The Morgan fingerprint density at radius 3 is 1.77 bits per heavy atom. The van der Waals surface area contributed by atoms with Crippen molar-refractivity contribution >= 4 is 67.7 Å². The van der Waals surface area contributed by atoms with Crippen LogP contribution in [-0.2, 0) is 0 Å². The second kappa shape index (κ2) is 14.7. The van der Waals surface area contributed by atoms with Crippen LogP contribution >= 0.6 is 0 Å². The van der Waals surface area contributed by atoms with Crippen LogP contribution in [0.25, 0.3) is 49.9 Å². The fraction of sp³-hybridized carbons (Fsp3) is 0.0364. The quantitative estimate of drug-likeness (QED) is 0.113. The monoisotopic (exact) mass is 786 g/mol. The van der Waals surface area contributed by atoms with E-state index in [1.54, 1.807) is 0 Å². The average Bonchev–Trinajstić information content (AvgIpc) is 3.84. The van der Waals surface area contributed by atoms with E-state index >= 15 is 0 Å².